The van der Waals surface area contributed by atoms with Crippen LogP contribution in [0.1, 0.15) is 22.0 Å². The van der Waals surface area contributed by atoms with Crippen LogP contribution in [0, 0.1) is 0 Å². The number of benzene rings is 1. The highest BCUT2D eigenvalue weighted by Gasteiger charge is 2.32. The maximum absolute atomic E-state index is 12.2. The van der Waals surface area contributed by atoms with E-state index in [9.17, 15) is 19.8 Å². The molecule has 4 rings (SSSR count). The first-order valence-electron chi connectivity index (χ1n) is 9.41. The van der Waals surface area contributed by atoms with Crippen LogP contribution in [0.4, 0.5) is 5.82 Å². The first kappa shape index (κ1) is 18.9. The molecule has 3 aromatic rings. The van der Waals surface area contributed by atoms with Crippen molar-refractivity contribution in [1.29, 1.82) is 0 Å². The number of aliphatic carboxylic acids is 1. The first-order valence-corrected chi connectivity index (χ1v) is 9.41. The normalized spacial score (nSPS) is 16.1. The SMILES string of the molecule is Cn1cc([C@H](C(=O)O)N2CCN(c3ccccn3)CC2)c2ccc(C(=O)O)cc21. The number of anilines is 1. The number of fused-ring (bicyclic) bond motifs is 1. The highest BCUT2D eigenvalue weighted by Crippen LogP contribution is 2.32. The van der Waals surface area contributed by atoms with Gasteiger partial charge in [-0.3, -0.25) is 9.69 Å². The van der Waals surface area contributed by atoms with Crippen LogP contribution in [-0.4, -0.2) is 62.8 Å². The third kappa shape index (κ3) is 3.54. The van der Waals surface area contributed by atoms with Crippen molar-refractivity contribution in [2.45, 2.75) is 6.04 Å². The Bertz CT molecular complexity index is 1060. The van der Waals surface area contributed by atoms with Crippen molar-refractivity contribution >= 4 is 28.7 Å². The Morgan fingerprint density at radius 2 is 1.83 bits per heavy atom. The number of carbonyl (C=O) groups is 2. The summed E-state index contributed by atoms with van der Waals surface area (Å²) in [4.78, 5) is 32.0. The summed E-state index contributed by atoms with van der Waals surface area (Å²) >= 11 is 0. The average molecular weight is 394 g/mol. The zero-order valence-electron chi connectivity index (χ0n) is 16.0. The molecule has 0 unspecified atom stereocenters. The Morgan fingerprint density at radius 3 is 2.45 bits per heavy atom. The van der Waals surface area contributed by atoms with Gasteiger partial charge >= 0.3 is 11.9 Å². The molecule has 1 fully saturated rings. The molecule has 150 valence electrons. The molecule has 2 N–H and O–H groups in total. The predicted octanol–water partition coefficient (Wildman–Crippen LogP) is 2.22. The number of hydrogen-bond donors (Lipinski definition) is 2. The minimum absolute atomic E-state index is 0.182. The Morgan fingerprint density at radius 1 is 1.07 bits per heavy atom. The van der Waals surface area contributed by atoms with Crippen molar-refractivity contribution in [2.24, 2.45) is 7.05 Å². The fourth-order valence-electron chi connectivity index (χ4n) is 4.00. The molecule has 0 bridgehead atoms. The third-order valence-electron chi connectivity index (χ3n) is 5.45. The lowest BCUT2D eigenvalue weighted by Gasteiger charge is -2.38. The number of aryl methyl sites for hydroxylation is 1. The standard InChI is InChI=1S/C21H22N4O4/c1-23-13-16(15-6-5-14(20(26)27)12-17(15)23)19(21(28)29)25-10-8-24(9-11-25)18-4-2-3-7-22-18/h2-7,12-13,19H,8-11H2,1H3,(H,26,27)(H,28,29)/t19-/m1/s1. The smallest absolute Gasteiger partial charge is 0.335 e. The second-order valence-electron chi connectivity index (χ2n) is 7.18. The highest BCUT2D eigenvalue weighted by molar-refractivity contribution is 5.96. The Kier molecular flexibility index (Phi) is 4.94. The van der Waals surface area contributed by atoms with Gasteiger partial charge in [0.15, 0.2) is 0 Å². The van der Waals surface area contributed by atoms with Crippen molar-refractivity contribution in [3.05, 3.63) is 59.9 Å². The van der Waals surface area contributed by atoms with E-state index in [0.717, 1.165) is 11.2 Å². The molecule has 0 amide bonds. The summed E-state index contributed by atoms with van der Waals surface area (Å²) in [5, 5.41) is 20.0. The van der Waals surface area contributed by atoms with E-state index in [1.54, 1.807) is 36.1 Å². The number of hydrogen-bond acceptors (Lipinski definition) is 5. The molecule has 0 spiro atoms. The van der Waals surface area contributed by atoms with E-state index < -0.39 is 18.0 Å². The van der Waals surface area contributed by atoms with Gasteiger partial charge in [0.25, 0.3) is 0 Å². The van der Waals surface area contributed by atoms with E-state index in [1.165, 1.54) is 6.07 Å². The van der Waals surface area contributed by atoms with Crippen molar-refractivity contribution < 1.29 is 19.8 Å². The topological polar surface area (TPSA) is 98.9 Å². The van der Waals surface area contributed by atoms with E-state index in [2.05, 4.69) is 9.88 Å². The van der Waals surface area contributed by atoms with Crippen molar-refractivity contribution in [1.82, 2.24) is 14.5 Å². The monoisotopic (exact) mass is 394 g/mol. The second kappa shape index (κ2) is 7.56. The molecule has 1 aromatic carbocycles. The molecule has 0 radical (unpaired) electrons. The fourth-order valence-corrected chi connectivity index (χ4v) is 4.00. The van der Waals surface area contributed by atoms with Gasteiger partial charge in [0.05, 0.1) is 5.56 Å². The van der Waals surface area contributed by atoms with Gasteiger partial charge in [0.2, 0.25) is 0 Å². The van der Waals surface area contributed by atoms with Crippen LogP contribution in [0.15, 0.2) is 48.8 Å². The van der Waals surface area contributed by atoms with Gasteiger partial charge in [-0.05, 0) is 24.3 Å². The summed E-state index contributed by atoms with van der Waals surface area (Å²) in [6.45, 7) is 2.57. The van der Waals surface area contributed by atoms with E-state index >= 15 is 0 Å². The molecular weight excluding hydrogens is 372 g/mol. The zero-order chi connectivity index (χ0) is 20.5. The molecule has 1 saturated heterocycles. The maximum atomic E-state index is 12.2. The summed E-state index contributed by atoms with van der Waals surface area (Å²) in [6.07, 6.45) is 3.55. The van der Waals surface area contributed by atoms with E-state index in [1.807, 2.05) is 23.1 Å². The number of nitrogens with zero attached hydrogens (tertiary/aromatic N) is 4. The summed E-state index contributed by atoms with van der Waals surface area (Å²) in [5.41, 5.74) is 1.57. The fraction of sp³-hybridized carbons (Fsp3) is 0.286. The minimum atomic E-state index is -1.00. The number of carboxylic acid groups (broad SMARTS) is 2. The highest BCUT2D eigenvalue weighted by atomic mass is 16.4. The van der Waals surface area contributed by atoms with Crippen molar-refractivity contribution in [3.63, 3.8) is 0 Å². The molecular formula is C21H22N4O4. The molecule has 3 heterocycles. The lowest BCUT2D eigenvalue weighted by molar-refractivity contribution is -0.143. The van der Waals surface area contributed by atoms with Crippen LogP contribution in [0.2, 0.25) is 0 Å². The number of aromatic nitrogens is 2. The van der Waals surface area contributed by atoms with Gasteiger partial charge in [0, 0.05) is 62.1 Å². The third-order valence-corrected chi connectivity index (χ3v) is 5.45. The van der Waals surface area contributed by atoms with Crippen molar-refractivity contribution in [2.75, 3.05) is 31.1 Å². The van der Waals surface area contributed by atoms with Gasteiger partial charge in [-0.15, -0.1) is 0 Å². The Balaban J connectivity index is 1.62. The van der Waals surface area contributed by atoms with Crippen LogP contribution >= 0.6 is 0 Å². The maximum Gasteiger partial charge on any atom is 0.335 e. The second-order valence-corrected chi connectivity index (χ2v) is 7.18. The van der Waals surface area contributed by atoms with Gasteiger partial charge in [0.1, 0.15) is 11.9 Å². The van der Waals surface area contributed by atoms with Crippen LogP contribution in [0.3, 0.4) is 0 Å². The van der Waals surface area contributed by atoms with Gasteiger partial charge in [-0.1, -0.05) is 12.1 Å². The van der Waals surface area contributed by atoms with Gasteiger partial charge < -0.3 is 19.7 Å². The molecule has 0 saturated carbocycles. The molecule has 1 aliphatic rings. The number of pyridine rings is 1. The van der Waals surface area contributed by atoms with Gasteiger partial charge in [-0.2, -0.15) is 0 Å². The number of carboxylic acids is 2. The summed E-state index contributed by atoms with van der Waals surface area (Å²) in [5.74, 6) is -1.02. The Labute approximate surface area is 167 Å². The lowest BCUT2D eigenvalue weighted by atomic mass is 10.0. The number of aromatic carboxylic acids is 1. The molecule has 1 atom stereocenters. The molecule has 0 aliphatic carbocycles. The zero-order valence-corrected chi connectivity index (χ0v) is 16.0. The largest absolute Gasteiger partial charge is 0.480 e. The van der Waals surface area contributed by atoms with E-state index in [4.69, 9.17) is 0 Å². The van der Waals surface area contributed by atoms with E-state index in [0.29, 0.717) is 37.3 Å². The number of rotatable bonds is 5. The van der Waals surface area contributed by atoms with E-state index in [-0.39, 0.29) is 5.56 Å². The molecule has 1 aliphatic heterocycles. The summed E-state index contributed by atoms with van der Waals surface area (Å²) < 4.78 is 1.79. The molecule has 8 nitrogen and oxygen atoms in total. The number of piperazine rings is 1. The van der Waals surface area contributed by atoms with Crippen molar-refractivity contribution in [3.8, 4) is 0 Å². The first-order chi connectivity index (χ1) is 14.0. The predicted molar refractivity (Wildman–Crippen MR) is 108 cm³/mol. The van der Waals surface area contributed by atoms with Gasteiger partial charge in [-0.25, -0.2) is 9.78 Å². The Hall–Kier alpha value is -3.39. The minimum Gasteiger partial charge on any atom is -0.480 e. The summed E-state index contributed by atoms with van der Waals surface area (Å²) in [6, 6.07) is 9.78. The van der Waals surface area contributed by atoms with Crippen LogP contribution in [0.5, 0.6) is 0 Å². The van der Waals surface area contributed by atoms with Crippen LogP contribution in [0.25, 0.3) is 10.9 Å². The summed E-state index contributed by atoms with van der Waals surface area (Å²) in [7, 11) is 1.80. The average Bonchev–Trinajstić information content (AvgIpc) is 3.05. The molecule has 8 heteroatoms. The van der Waals surface area contributed by atoms with Crippen LogP contribution in [-0.2, 0) is 11.8 Å². The molecule has 29 heavy (non-hydrogen) atoms. The quantitative estimate of drug-likeness (QED) is 0.685. The van der Waals surface area contributed by atoms with Crippen LogP contribution < -0.4 is 4.90 Å². The molecule has 2 aromatic heterocycles. The lowest BCUT2D eigenvalue weighted by Crippen LogP contribution is -2.49.